The number of carbonyl (C=O) groups is 1. The number of allylic oxidation sites excluding steroid dienone is 1. The summed E-state index contributed by atoms with van der Waals surface area (Å²) in [6.45, 7) is 7.56. The molecule has 2 fully saturated rings. The minimum atomic E-state index is -4.20. The molecule has 40 heavy (non-hydrogen) atoms. The van der Waals surface area contributed by atoms with Gasteiger partial charge in [0.1, 0.15) is 10.6 Å². The average Bonchev–Trinajstić information content (AvgIpc) is 2.90. The van der Waals surface area contributed by atoms with Gasteiger partial charge in [-0.15, -0.1) is 0 Å². The van der Waals surface area contributed by atoms with Gasteiger partial charge in [0.15, 0.2) is 5.78 Å². The molecule has 0 unspecified atom stereocenters. The highest BCUT2D eigenvalue weighted by molar-refractivity contribution is 7.90. The molecule has 4 rings (SSSR count). The molecule has 2 aromatic rings. The number of ketones is 1. The molecule has 0 saturated carbocycles. The van der Waals surface area contributed by atoms with Crippen LogP contribution in [0.2, 0.25) is 0 Å². The van der Waals surface area contributed by atoms with Gasteiger partial charge in [-0.3, -0.25) is 4.79 Å². The van der Waals surface area contributed by atoms with Crippen molar-refractivity contribution in [1.29, 1.82) is 0 Å². The van der Waals surface area contributed by atoms with Crippen LogP contribution < -0.4 is 4.74 Å². The molecule has 0 N–H and O–H groups in total. The van der Waals surface area contributed by atoms with Crippen LogP contribution in [0.4, 0.5) is 0 Å². The van der Waals surface area contributed by atoms with Crippen LogP contribution in [-0.2, 0) is 29.5 Å². The first-order valence-electron chi connectivity index (χ1n) is 13.1. The summed E-state index contributed by atoms with van der Waals surface area (Å²) in [5.74, 6) is -0.356. The van der Waals surface area contributed by atoms with Crippen molar-refractivity contribution in [3.63, 3.8) is 0 Å². The number of nitrogens with zero attached hydrogens (tertiary/aromatic N) is 2. The van der Waals surface area contributed by atoms with Crippen LogP contribution in [0.15, 0.2) is 58.3 Å². The first kappa shape index (κ1) is 30.4. The minimum Gasteiger partial charge on any atom is -0.495 e. The third-order valence-corrected chi connectivity index (χ3v) is 10.5. The lowest BCUT2D eigenvalue weighted by Gasteiger charge is -2.35. The quantitative estimate of drug-likeness (QED) is 0.339. The zero-order valence-corrected chi connectivity index (χ0v) is 24.9. The highest BCUT2D eigenvalue weighted by Gasteiger charge is 2.38. The van der Waals surface area contributed by atoms with Crippen molar-refractivity contribution in [2.45, 2.75) is 61.9 Å². The van der Waals surface area contributed by atoms with Crippen molar-refractivity contribution in [3.8, 4) is 5.75 Å². The van der Waals surface area contributed by atoms with Crippen molar-refractivity contribution in [2.75, 3.05) is 33.3 Å². The molecule has 0 amide bonds. The minimum absolute atomic E-state index is 0.0266. The maximum absolute atomic E-state index is 14.1. The van der Waals surface area contributed by atoms with Gasteiger partial charge in [-0.05, 0) is 57.5 Å². The Bertz CT molecular complexity index is 1460. The second-order valence-electron chi connectivity index (χ2n) is 10.3. The fraction of sp³-hybridized carbons (Fsp3) is 0.464. The van der Waals surface area contributed by atoms with E-state index in [0.717, 1.165) is 6.07 Å². The largest absolute Gasteiger partial charge is 0.495 e. The van der Waals surface area contributed by atoms with Crippen LogP contribution in [0.3, 0.4) is 0 Å². The van der Waals surface area contributed by atoms with Crippen molar-refractivity contribution in [2.24, 2.45) is 0 Å². The number of sulfonamides is 2. The predicted molar refractivity (Wildman–Crippen MR) is 150 cm³/mol. The Hall–Kier alpha value is -2.61. The lowest BCUT2D eigenvalue weighted by atomic mass is 10.1. The van der Waals surface area contributed by atoms with E-state index in [1.54, 1.807) is 58.0 Å². The molecule has 0 spiro atoms. The molecule has 0 aliphatic carbocycles. The third-order valence-electron chi connectivity index (χ3n) is 6.78. The van der Waals surface area contributed by atoms with Gasteiger partial charge < -0.3 is 14.2 Å². The van der Waals surface area contributed by atoms with Crippen LogP contribution >= 0.6 is 0 Å². The summed E-state index contributed by atoms with van der Waals surface area (Å²) >= 11 is 0. The van der Waals surface area contributed by atoms with Crippen molar-refractivity contribution < 1.29 is 35.8 Å². The molecule has 218 valence electrons. The van der Waals surface area contributed by atoms with Gasteiger partial charge in [-0.25, -0.2) is 16.8 Å². The highest BCUT2D eigenvalue weighted by atomic mass is 32.2. The Morgan fingerprint density at radius 1 is 0.800 bits per heavy atom. The molecule has 0 radical (unpaired) electrons. The fourth-order valence-corrected chi connectivity index (χ4v) is 8.68. The van der Waals surface area contributed by atoms with Gasteiger partial charge in [0.05, 0.1) is 36.4 Å². The van der Waals surface area contributed by atoms with Gasteiger partial charge >= 0.3 is 0 Å². The van der Waals surface area contributed by atoms with Crippen LogP contribution in [0, 0.1) is 0 Å². The van der Waals surface area contributed by atoms with E-state index in [2.05, 4.69) is 0 Å². The first-order valence-corrected chi connectivity index (χ1v) is 16.0. The molecule has 4 atom stereocenters. The van der Waals surface area contributed by atoms with Gasteiger partial charge in [0.25, 0.3) is 0 Å². The van der Waals surface area contributed by atoms with Gasteiger partial charge in [-0.2, -0.15) is 8.61 Å². The van der Waals surface area contributed by atoms with Gasteiger partial charge in [0.2, 0.25) is 20.0 Å². The Labute approximate surface area is 236 Å². The van der Waals surface area contributed by atoms with Crippen LogP contribution in [-0.4, -0.2) is 88.9 Å². The average molecular weight is 593 g/mol. The number of rotatable bonds is 8. The van der Waals surface area contributed by atoms with E-state index in [4.69, 9.17) is 14.2 Å². The summed E-state index contributed by atoms with van der Waals surface area (Å²) in [5.41, 5.74) is 0.566. The normalized spacial score (nSPS) is 25.2. The predicted octanol–water partition coefficient (Wildman–Crippen LogP) is 3.19. The Balaban J connectivity index is 1.86. The number of ether oxygens (including phenoxy) is 3. The third kappa shape index (κ3) is 6.48. The van der Waals surface area contributed by atoms with Gasteiger partial charge in [0, 0.05) is 31.7 Å². The van der Waals surface area contributed by atoms with E-state index in [0.29, 0.717) is 5.56 Å². The second-order valence-corrected chi connectivity index (χ2v) is 14.1. The van der Waals surface area contributed by atoms with Crippen molar-refractivity contribution in [3.05, 3.63) is 59.7 Å². The number of benzene rings is 2. The van der Waals surface area contributed by atoms with E-state index >= 15 is 0 Å². The zero-order chi connectivity index (χ0) is 29.2. The number of carbonyl (C=O) groups excluding carboxylic acids is 1. The molecule has 0 aromatic heterocycles. The molecule has 0 bridgehead atoms. The summed E-state index contributed by atoms with van der Waals surface area (Å²) < 4.78 is 75.3. The molecule has 2 aliphatic rings. The van der Waals surface area contributed by atoms with E-state index < -0.39 is 20.0 Å². The van der Waals surface area contributed by atoms with Crippen LogP contribution in [0.5, 0.6) is 5.75 Å². The summed E-state index contributed by atoms with van der Waals surface area (Å²) in [6.07, 6.45) is 1.27. The Morgan fingerprint density at radius 3 is 1.75 bits per heavy atom. The standard InChI is InChI=1S/C28H36N2O8S2/c1-19-15-29(16-20(2)37-19)39(32,33)27-14-28(40(34,35)30-17-21(3)38-22(4)18-30)26(36-5)13-24(27)11-12-25(31)23-9-7-6-8-10-23/h6-14,19-22H,15-18H2,1-5H3/b12-11+/t19-,20-,21-,22+/m0/s1. The smallest absolute Gasteiger partial charge is 0.246 e. The van der Waals surface area contributed by atoms with E-state index in [1.165, 1.54) is 33.9 Å². The van der Waals surface area contributed by atoms with Crippen molar-refractivity contribution >= 4 is 31.9 Å². The lowest BCUT2D eigenvalue weighted by molar-refractivity contribution is -0.0441. The number of methoxy groups -OCH3 is 1. The molecule has 2 aliphatic heterocycles. The molecule has 2 aromatic carbocycles. The van der Waals surface area contributed by atoms with Crippen LogP contribution in [0.1, 0.15) is 43.6 Å². The maximum atomic E-state index is 14.1. The number of hydrogen-bond acceptors (Lipinski definition) is 8. The van der Waals surface area contributed by atoms with Crippen LogP contribution in [0.25, 0.3) is 6.08 Å². The number of hydrogen-bond donors (Lipinski definition) is 0. The summed E-state index contributed by atoms with van der Waals surface area (Å²) in [5, 5.41) is 0. The number of morpholine rings is 2. The molecular weight excluding hydrogens is 556 g/mol. The fourth-order valence-electron chi connectivity index (χ4n) is 5.07. The second kappa shape index (κ2) is 12.1. The zero-order valence-electron chi connectivity index (χ0n) is 23.3. The molecular formula is C28H36N2O8S2. The molecule has 10 nitrogen and oxygen atoms in total. The van der Waals surface area contributed by atoms with Gasteiger partial charge in [-0.1, -0.05) is 30.3 Å². The van der Waals surface area contributed by atoms with E-state index in [9.17, 15) is 21.6 Å². The summed E-state index contributed by atoms with van der Waals surface area (Å²) in [6, 6.07) is 11.1. The summed E-state index contributed by atoms with van der Waals surface area (Å²) in [4.78, 5) is 12.3. The first-order chi connectivity index (χ1) is 18.8. The Kier molecular flexibility index (Phi) is 9.18. The molecule has 2 heterocycles. The molecule has 2 saturated heterocycles. The summed E-state index contributed by atoms with van der Waals surface area (Å²) in [7, 11) is -7.05. The van der Waals surface area contributed by atoms with E-state index in [1.807, 2.05) is 0 Å². The van der Waals surface area contributed by atoms with E-state index in [-0.39, 0.29) is 77.5 Å². The lowest BCUT2D eigenvalue weighted by Crippen LogP contribution is -2.48. The highest BCUT2D eigenvalue weighted by Crippen LogP contribution is 2.36. The topological polar surface area (TPSA) is 120 Å². The van der Waals surface area contributed by atoms with Crippen molar-refractivity contribution in [1.82, 2.24) is 8.61 Å². The Morgan fingerprint density at radius 2 is 1.27 bits per heavy atom. The maximum Gasteiger partial charge on any atom is 0.246 e. The SMILES string of the molecule is COc1cc(/C=C/C(=O)c2ccccc2)c(S(=O)(=O)N2C[C@H](C)O[C@@H](C)C2)cc1S(=O)(=O)N1C[C@@H](C)O[C@@H](C)C1. The molecule has 12 heteroatoms. The monoisotopic (exact) mass is 592 g/mol.